The van der Waals surface area contributed by atoms with Gasteiger partial charge in [0.25, 0.3) is 5.76 Å². The average molecular weight is 345 g/mol. The van der Waals surface area contributed by atoms with Crippen LogP contribution in [0.15, 0.2) is 77.2 Å². The third kappa shape index (κ3) is 2.59. The second-order valence-corrected chi connectivity index (χ2v) is 5.77. The first-order valence-corrected chi connectivity index (χ1v) is 8.08. The second-order valence-electron chi connectivity index (χ2n) is 5.77. The zero-order valence-electron chi connectivity index (χ0n) is 14.0. The summed E-state index contributed by atoms with van der Waals surface area (Å²) in [5, 5.41) is 14.9. The molecule has 26 heavy (non-hydrogen) atoms. The van der Waals surface area contributed by atoms with Gasteiger partial charge < -0.3 is 14.3 Å². The molecule has 0 aliphatic rings. The molecule has 0 atom stereocenters. The van der Waals surface area contributed by atoms with Crippen LogP contribution in [-0.4, -0.2) is 13.1 Å². The van der Waals surface area contributed by atoms with Crippen LogP contribution in [-0.2, 0) is 4.74 Å². The minimum atomic E-state index is -0.799. The van der Waals surface area contributed by atoms with E-state index in [0.29, 0.717) is 11.3 Å². The molecule has 5 nitrogen and oxygen atoms in total. The third-order valence-electron chi connectivity index (χ3n) is 4.18. The number of ether oxygens (including phenoxy) is 1. The van der Waals surface area contributed by atoms with Gasteiger partial charge in [-0.25, -0.2) is 4.79 Å². The molecule has 0 saturated heterocycles. The van der Waals surface area contributed by atoms with Gasteiger partial charge in [0.15, 0.2) is 0 Å². The molecular weight excluding hydrogens is 330 g/mol. The Morgan fingerprint density at radius 3 is 2.38 bits per heavy atom. The lowest BCUT2D eigenvalue weighted by Gasteiger charge is -2.03. The normalized spacial score (nSPS) is 10.8. The number of rotatable bonds is 3. The van der Waals surface area contributed by atoms with Crippen LogP contribution in [0.5, 0.6) is 5.88 Å². The molecule has 1 heterocycles. The van der Waals surface area contributed by atoms with Gasteiger partial charge in [-0.05, 0) is 22.9 Å². The van der Waals surface area contributed by atoms with E-state index in [1.54, 1.807) is 12.1 Å². The molecule has 4 rings (SSSR count). The van der Waals surface area contributed by atoms with E-state index in [2.05, 4.69) is 4.74 Å². The van der Waals surface area contributed by atoms with Gasteiger partial charge >= 0.3 is 11.9 Å². The largest absolute Gasteiger partial charge is 0.820 e. The quantitative estimate of drug-likeness (QED) is 0.422. The molecule has 5 heteroatoms. The highest BCUT2D eigenvalue weighted by atomic mass is 16.5. The van der Waals surface area contributed by atoms with Gasteiger partial charge in [0.05, 0.1) is 12.7 Å². The summed E-state index contributed by atoms with van der Waals surface area (Å²) >= 11 is 0. The van der Waals surface area contributed by atoms with Crippen LogP contribution in [0.3, 0.4) is 0 Å². The fraction of sp³-hybridized carbons (Fsp3) is 0.0476. The second kappa shape index (κ2) is 6.37. The van der Waals surface area contributed by atoms with Crippen LogP contribution in [0, 0.1) is 0 Å². The Kier molecular flexibility index (Phi) is 3.89. The number of carbonyl (C=O) groups excluding carboxylic acids is 1. The van der Waals surface area contributed by atoms with Crippen molar-refractivity contribution in [2.75, 3.05) is 7.11 Å². The van der Waals surface area contributed by atoms with Crippen LogP contribution < -0.4 is 9.67 Å². The summed E-state index contributed by atoms with van der Waals surface area (Å²) in [5.41, 5.74) is 1.30. The average Bonchev–Trinajstić information content (AvgIpc) is 3.05. The number of methoxy groups -OCH3 is 1. The maximum atomic E-state index is 12.8. The van der Waals surface area contributed by atoms with Crippen LogP contribution in [0.4, 0.5) is 0 Å². The lowest BCUT2D eigenvalue weighted by atomic mass is 10.1. The molecule has 0 aliphatic carbocycles. The molecule has 0 amide bonds. The molecule has 0 bridgehead atoms. The van der Waals surface area contributed by atoms with E-state index in [1.807, 2.05) is 60.7 Å². The minimum Gasteiger partial charge on any atom is -0.820 e. The van der Waals surface area contributed by atoms with Crippen LogP contribution in [0.2, 0.25) is 0 Å². The van der Waals surface area contributed by atoms with Gasteiger partial charge in [0, 0.05) is 12.1 Å². The number of hydrogen-bond donors (Lipinski definition) is 0. The third-order valence-corrected chi connectivity index (χ3v) is 4.18. The molecule has 0 saturated carbocycles. The molecule has 0 N–H and O–H groups in total. The summed E-state index contributed by atoms with van der Waals surface area (Å²) < 4.78 is 11.7. The predicted molar refractivity (Wildman–Crippen MR) is 94.0 cm³/mol. The Bertz CT molecular complexity index is 1100. The Hall–Kier alpha value is -3.60. The number of oxazole rings is 1. The molecule has 0 spiro atoms. The highest BCUT2D eigenvalue weighted by molar-refractivity contribution is 5.89. The minimum absolute atomic E-state index is 0.285. The smallest absolute Gasteiger partial charge is 0.386 e. The topological polar surface area (TPSA) is 66.4 Å². The van der Waals surface area contributed by atoms with Crippen molar-refractivity contribution >= 4 is 16.7 Å². The number of hydrogen-bond acceptors (Lipinski definition) is 4. The molecule has 0 unspecified atom stereocenters. The number of benzene rings is 3. The van der Waals surface area contributed by atoms with Crippen LogP contribution >= 0.6 is 0 Å². The fourth-order valence-corrected chi connectivity index (χ4v) is 2.92. The summed E-state index contributed by atoms with van der Waals surface area (Å²) in [6.45, 7) is 0. The van der Waals surface area contributed by atoms with E-state index in [0.717, 1.165) is 10.8 Å². The van der Waals surface area contributed by atoms with E-state index < -0.39 is 11.8 Å². The maximum Gasteiger partial charge on any atom is 0.386 e. The van der Waals surface area contributed by atoms with Crippen molar-refractivity contribution in [1.29, 1.82) is 0 Å². The van der Waals surface area contributed by atoms with Crippen molar-refractivity contribution in [2.24, 2.45) is 0 Å². The van der Waals surface area contributed by atoms with E-state index in [1.165, 1.54) is 11.7 Å². The van der Waals surface area contributed by atoms with E-state index in [9.17, 15) is 9.90 Å². The Labute approximate surface area is 149 Å². The zero-order valence-corrected chi connectivity index (χ0v) is 14.0. The van der Waals surface area contributed by atoms with Crippen molar-refractivity contribution in [3.05, 3.63) is 78.6 Å². The van der Waals surface area contributed by atoms with Gasteiger partial charge in [-0.2, -0.15) is 0 Å². The number of esters is 1. The number of fused-ring (bicyclic) bond motifs is 1. The number of carbonyl (C=O) groups is 1. The number of aromatic nitrogens is 1. The summed E-state index contributed by atoms with van der Waals surface area (Å²) in [4.78, 5) is 11.9. The standard InChI is InChI=1S/C21H15NO4/c1-25-21(24)18-19(23)22(17-9-3-2-4-10-17)20(26-18)16-12-11-14-7-5-6-8-15(14)13-16/h2-13H,1H3. The molecular formula is C21H15NO4. The first-order chi connectivity index (χ1) is 12.7. The maximum absolute atomic E-state index is 12.8. The molecule has 0 fully saturated rings. The van der Waals surface area contributed by atoms with E-state index >= 15 is 0 Å². The highest BCUT2D eigenvalue weighted by Gasteiger charge is 2.30. The Morgan fingerprint density at radius 1 is 0.962 bits per heavy atom. The van der Waals surface area contributed by atoms with Crippen molar-refractivity contribution in [2.45, 2.75) is 0 Å². The zero-order chi connectivity index (χ0) is 18.1. The Balaban J connectivity index is 1.98. The molecule has 0 aliphatic heterocycles. The summed E-state index contributed by atoms with van der Waals surface area (Å²) in [6, 6.07) is 22.7. The van der Waals surface area contributed by atoms with Gasteiger partial charge in [0.1, 0.15) is 0 Å². The summed E-state index contributed by atoms with van der Waals surface area (Å²) in [5.74, 6) is -1.41. The number of para-hydroxylation sites is 1. The summed E-state index contributed by atoms with van der Waals surface area (Å²) in [6.07, 6.45) is 0. The van der Waals surface area contributed by atoms with Crippen molar-refractivity contribution in [3.63, 3.8) is 0 Å². The SMILES string of the molecule is COC(=O)c1oc(-c2ccc3ccccc3c2)[n+](-c2ccccc2)c1[O-]. The Morgan fingerprint density at radius 2 is 1.65 bits per heavy atom. The fourth-order valence-electron chi connectivity index (χ4n) is 2.92. The van der Waals surface area contributed by atoms with E-state index in [4.69, 9.17) is 4.42 Å². The molecule has 0 radical (unpaired) electrons. The van der Waals surface area contributed by atoms with Crippen molar-refractivity contribution < 1.29 is 23.6 Å². The van der Waals surface area contributed by atoms with Gasteiger partial charge in [-0.3, -0.25) is 0 Å². The van der Waals surface area contributed by atoms with Crippen LogP contribution in [0.1, 0.15) is 10.6 Å². The first kappa shape index (κ1) is 15.9. The number of nitrogens with zero attached hydrogens (tertiary/aromatic N) is 1. The van der Waals surface area contributed by atoms with Gasteiger partial charge in [0.2, 0.25) is 11.6 Å². The summed E-state index contributed by atoms with van der Waals surface area (Å²) in [7, 11) is 1.22. The molecule has 3 aromatic carbocycles. The highest BCUT2D eigenvalue weighted by Crippen LogP contribution is 2.28. The van der Waals surface area contributed by atoms with Crippen LogP contribution in [0.25, 0.3) is 27.9 Å². The molecule has 1 aromatic heterocycles. The monoisotopic (exact) mass is 345 g/mol. The van der Waals surface area contributed by atoms with Gasteiger partial charge in [-0.1, -0.05) is 48.5 Å². The lowest BCUT2D eigenvalue weighted by Crippen LogP contribution is -2.35. The molecule has 4 aromatic rings. The first-order valence-electron chi connectivity index (χ1n) is 8.08. The lowest BCUT2D eigenvalue weighted by molar-refractivity contribution is -0.641. The molecule has 128 valence electrons. The van der Waals surface area contributed by atoms with E-state index in [-0.39, 0.29) is 11.7 Å². The predicted octanol–water partition coefficient (Wildman–Crippen LogP) is 3.24. The van der Waals surface area contributed by atoms with Gasteiger partial charge in [-0.15, -0.1) is 4.57 Å². The van der Waals surface area contributed by atoms with Crippen molar-refractivity contribution in [3.8, 4) is 23.0 Å². The van der Waals surface area contributed by atoms with Crippen molar-refractivity contribution in [1.82, 2.24) is 0 Å².